The largest absolute Gasteiger partial charge is 0.447 e. The molecule has 0 bridgehead atoms. The maximum Gasteiger partial charge on any atom is 0.312 e. The predicted octanol–water partition coefficient (Wildman–Crippen LogP) is 4.06. The van der Waals surface area contributed by atoms with Crippen molar-refractivity contribution >= 4 is 21.6 Å². The molecule has 2 N–H and O–H groups in total. The third-order valence-electron chi connectivity index (χ3n) is 2.86. The van der Waals surface area contributed by atoms with Crippen LogP contribution in [0.5, 0.6) is 11.5 Å². The van der Waals surface area contributed by atoms with Crippen LogP contribution in [0.4, 0.5) is 10.1 Å². The fourth-order valence-electron chi connectivity index (χ4n) is 1.84. The smallest absolute Gasteiger partial charge is 0.312 e. The maximum atomic E-state index is 13.9. The molecule has 7 heteroatoms. The molecule has 0 aromatic heterocycles. The number of hydrogen-bond donors (Lipinski definition) is 1. The van der Waals surface area contributed by atoms with Gasteiger partial charge < -0.3 is 10.5 Å². The molecule has 21 heavy (non-hydrogen) atoms. The minimum absolute atomic E-state index is 0.0163. The maximum absolute atomic E-state index is 13.9. The van der Waals surface area contributed by atoms with Crippen LogP contribution in [-0.2, 0) is 6.54 Å². The van der Waals surface area contributed by atoms with Gasteiger partial charge in [-0.25, -0.2) is 4.39 Å². The number of nitrogens with two attached hydrogens (primary N) is 1. The Balaban J connectivity index is 2.46. The van der Waals surface area contributed by atoms with Gasteiger partial charge in [-0.05, 0) is 36.2 Å². The van der Waals surface area contributed by atoms with Crippen LogP contribution in [0.2, 0.25) is 0 Å². The summed E-state index contributed by atoms with van der Waals surface area (Å²) in [6, 6.07) is 7.24. The molecule has 0 amide bonds. The van der Waals surface area contributed by atoms with Gasteiger partial charge in [0.1, 0.15) is 0 Å². The molecule has 0 aliphatic heterocycles. The quantitative estimate of drug-likeness (QED) is 0.663. The van der Waals surface area contributed by atoms with Crippen molar-refractivity contribution in [3.63, 3.8) is 0 Å². The summed E-state index contributed by atoms with van der Waals surface area (Å²) < 4.78 is 19.9. The predicted molar refractivity (Wildman–Crippen MR) is 79.9 cm³/mol. The minimum Gasteiger partial charge on any atom is -0.447 e. The van der Waals surface area contributed by atoms with E-state index in [9.17, 15) is 14.5 Å². The van der Waals surface area contributed by atoms with E-state index in [0.717, 1.165) is 0 Å². The molecule has 5 nitrogen and oxygen atoms in total. The van der Waals surface area contributed by atoms with Crippen LogP contribution < -0.4 is 10.5 Å². The second-order valence-corrected chi connectivity index (χ2v) is 5.31. The Labute approximate surface area is 128 Å². The van der Waals surface area contributed by atoms with Crippen LogP contribution in [0.1, 0.15) is 11.1 Å². The summed E-state index contributed by atoms with van der Waals surface area (Å²) in [7, 11) is 0. The van der Waals surface area contributed by atoms with Crippen molar-refractivity contribution in [2.24, 2.45) is 5.73 Å². The summed E-state index contributed by atoms with van der Waals surface area (Å²) >= 11 is 3.19. The number of nitrogens with zero attached hydrogens (tertiary/aromatic N) is 1. The Bertz CT molecular complexity index is 707. The normalized spacial score (nSPS) is 10.5. The molecule has 110 valence electrons. The van der Waals surface area contributed by atoms with Gasteiger partial charge in [-0.3, -0.25) is 10.1 Å². The Morgan fingerprint density at radius 1 is 1.38 bits per heavy atom. The van der Waals surface area contributed by atoms with Gasteiger partial charge in [-0.15, -0.1) is 0 Å². The highest BCUT2D eigenvalue weighted by Crippen LogP contribution is 2.37. The summed E-state index contributed by atoms with van der Waals surface area (Å²) in [6.45, 7) is 1.86. The molecule has 0 radical (unpaired) electrons. The van der Waals surface area contributed by atoms with E-state index in [1.807, 2.05) is 0 Å². The Hall–Kier alpha value is -1.99. The van der Waals surface area contributed by atoms with E-state index in [4.69, 9.17) is 10.5 Å². The molecule has 0 aliphatic rings. The molecule has 2 aromatic rings. The van der Waals surface area contributed by atoms with Crippen molar-refractivity contribution in [3.05, 3.63) is 61.9 Å². The molecule has 0 heterocycles. The van der Waals surface area contributed by atoms with Gasteiger partial charge in [-0.2, -0.15) is 0 Å². The molecule has 2 rings (SSSR count). The third kappa shape index (κ3) is 3.37. The van der Waals surface area contributed by atoms with Crippen LogP contribution in [0, 0.1) is 22.9 Å². The fourth-order valence-corrected chi connectivity index (χ4v) is 2.40. The van der Waals surface area contributed by atoms with E-state index in [2.05, 4.69) is 15.9 Å². The molecule has 0 spiro atoms. The lowest BCUT2D eigenvalue weighted by Crippen LogP contribution is -2.00. The van der Waals surface area contributed by atoms with Crippen LogP contribution in [0.15, 0.2) is 34.8 Å². The molecule has 0 unspecified atom stereocenters. The monoisotopic (exact) mass is 354 g/mol. The van der Waals surface area contributed by atoms with Gasteiger partial charge in [0, 0.05) is 17.1 Å². The Morgan fingerprint density at radius 2 is 2.10 bits per heavy atom. The summed E-state index contributed by atoms with van der Waals surface area (Å²) in [6.07, 6.45) is 0. The average molecular weight is 355 g/mol. The van der Waals surface area contributed by atoms with Crippen molar-refractivity contribution in [2.75, 3.05) is 0 Å². The first kappa shape index (κ1) is 15.4. The van der Waals surface area contributed by atoms with Gasteiger partial charge in [-0.1, -0.05) is 22.0 Å². The van der Waals surface area contributed by atoms with Gasteiger partial charge in [0.25, 0.3) is 0 Å². The van der Waals surface area contributed by atoms with E-state index in [1.54, 1.807) is 19.1 Å². The Morgan fingerprint density at radius 3 is 2.67 bits per heavy atom. The minimum atomic E-state index is -0.616. The SMILES string of the molecule is Cc1cc(Br)cc([N+](=O)[O-])c1Oc1ccc(CN)cc1F. The number of nitro benzene ring substituents is 1. The number of nitro groups is 1. The standard InChI is InChI=1S/C14H12BrFN2O3/c1-8-4-10(15)6-12(18(19)20)14(8)21-13-3-2-9(7-17)5-11(13)16/h2-6H,7,17H2,1H3. The first-order valence-electron chi connectivity index (χ1n) is 6.03. The molecule has 0 atom stereocenters. The lowest BCUT2D eigenvalue weighted by molar-refractivity contribution is -0.385. The van der Waals surface area contributed by atoms with Crippen LogP contribution in [0.25, 0.3) is 0 Å². The number of aryl methyl sites for hydroxylation is 1. The topological polar surface area (TPSA) is 78.4 Å². The number of benzene rings is 2. The highest BCUT2D eigenvalue weighted by atomic mass is 79.9. The summed E-state index contributed by atoms with van der Waals surface area (Å²) in [5, 5.41) is 11.1. The zero-order valence-electron chi connectivity index (χ0n) is 11.1. The highest BCUT2D eigenvalue weighted by Gasteiger charge is 2.20. The average Bonchev–Trinajstić information content (AvgIpc) is 2.42. The molecule has 0 fully saturated rings. The molecule has 0 saturated carbocycles. The van der Waals surface area contributed by atoms with Crippen LogP contribution >= 0.6 is 15.9 Å². The first-order chi connectivity index (χ1) is 9.92. The van der Waals surface area contributed by atoms with Crippen molar-refractivity contribution in [1.82, 2.24) is 0 Å². The lowest BCUT2D eigenvalue weighted by atomic mass is 10.2. The highest BCUT2D eigenvalue weighted by molar-refractivity contribution is 9.10. The van der Waals surface area contributed by atoms with Crippen molar-refractivity contribution in [3.8, 4) is 11.5 Å². The zero-order chi connectivity index (χ0) is 15.6. The molecule has 0 aliphatic carbocycles. The van der Waals surface area contributed by atoms with Crippen LogP contribution in [0.3, 0.4) is 0 Å². The van der Waals surface area contributed by atoms with Crippen molar-refractivity contribution in [1.29, 1.82) is 0 Å². The molecule has 2 aromatic carbocycles. The van der Waals surface area contributed by atoms with E-state index in [1.165, 1.54) is 18.2 Å². The van der Waals surface area contributed by atoms with Crippen molar-refractivity contribution in [2.45, 2.75) is 13.5 Å². The second-order valence-electron chi connectivity index (χ2n) is 4.40. The zero-order valence-corrected chi connectivity index (χ0v) is 12.7. The van der Waals surface area contributed by atoms with Gasteiger partial charge >= 0.3 is 5.69 Å². The van der Waals surface area contributed by atoms with Gasteiger partial charge in [0.15, 0.2) is 11.6 Å². The molecule has 0 saturated heterocycles. The first-order valence-corrected chi connectivity index (χ1v) is 6.82. The van der Waals surface area contributed by atoms with E-state index >= 15 is 0 Å². The second kappa shape index (κ2) is 6.19. The number of hydrogen-bond acceptors (Lipinski definition) is 4. The lowest BCUT2D eigenvalue weighted by Gasteiger charge is -2.11. The van der Waals surface area contributed by atoms with E-state index in [-0.39, 0.29) is 23.7 Å². The number of ether oxygens (including phenoxy) is 1. The molecular weight excluding hydrogens is 343 g/mol. The van der Waals surface area contributed by atoms with Crippen molar-refractivity contribution < 1.29 is 14.1 Å². The molecular formula is C14H12BrFN2O3. The van der Waals surface area contributed by atoms with Gasteiger partial charge in [0.05, 0.1) is 4.92 Å². The number of halogens is 2. The number of rotatable bonds is 4. The fraction of sp³-hybridized carbons (Fsp3) is 0.143. The van der Waals surface area contributed by atoms with Gasteiger partial charge in [0.2, 0.25) is 5.75 Å². The Kier molecular flexibility index (Phi) is 4.54. The summed E-state index contributed by atoms with van der Waals surface area (Å²) in [5.74, 6) is -0.683. The van der Waals surface area contributed by atoms with Crippen LogP contribution in [-0.4, -0.2) is 4.92 Å². The third-order valence-corrected chi connectivity index (χ3v) is 3.32. The summed E-state index contributed by atoms with van der Waals surface area (Å²) in [5.41, 5.74) is 6.33. The van der Waals surface area contributed by atoms with E-state index < -0.39 is 10.7 Å². The summed E-state index contributed by atoms with van der Waals surface area (Å²) in [4.78, 5) is 10.5. The van der Waals surface area contributed by atoms with E-state index in [0.29, 0.717) is 15.6 Å².